The normalized spacial score (nSPS) is 11.0. The van der Waals surface area contributed by atoms with Crippen LogP contribution in [0.25, 0.3) is 24.3 Å². The monoisotopic (exact) mass is 701 g/mol. The Morgan fingerprint density at radius 1 is 0.549 bits per heavy atom. The molecule has 3 rings (SSSR count). The van der Waals surface area contributed by atoms with E-state index >= 15 is 0 Å². The number of ether oxygens (including phenoxy) is 4. The van der Waals surface area contributed by atoms with E-state index in [9.17, 15) is 19.2 Å². The molecule has 0 saturated carbocycles. The molecule has 12 nitrogen and oxygen atoms in total. The maximum absolute atomic E-state index is 11.2. The van der Waals surface area contributed by atoms with Gasteiger partial charge in [0.25, 0.3) is 0 Å². The van der Waals surface area contributed by atoms with Crippen molar-refractivity contribution in [2.24, 2.45) is 5.73 Å². The zero-order chi connectivity index (χ0) is 37.0. The van der Waals surface area contributed by atoms with Crippen LogP contribution in [0.4, 0.5) is 11.4 Å². The third-order valence-electron chi connectivity index (χ3n) is 7.59. The van der Waals surface area contributed by atoms with Crippen LogP contribution >= 0.6 is 0 Å². The van der Waals surface area contributed by atoms with Crippen molar-refractivity contribution < 1.29 is 42.7 Å². The number of carbonyl (C=O) groups excluding carboxylic acids is 4. The molecule has 0 amide bonds. The van der Waals surface area contributed by atoms with E-state index in [0.717, 1.165) is 33.9 Å². The first-order valence-electron chi connectivity index (χ1n) is 16.9. The highest BCUT2D eigenvalue weighted by Crippen LogP contribution is 2.19. The second-order valence-electron chi connectivity index (χ2n) is 11.5. The summed E-state index contributed by atoms with van der Waals surface area (Å²) in [5, 5.41) is 0. The summed E-state index contributed by atoms with van der Waals surface area (Å²) in [6.07, 6.45) is 8.18. The first-order valence-corrected chi connectivity index (χ1v) is 16.9. The van der Waals surface area contributed by atoms with Gasteiger partial charge < -0.3 is 34.5 Å². The largest absolute Gasteiger partial charge is 0.464 e. The van der Waals surface area contributed by atoms with Crippen LogP contribution in [-0.2, 0) is 44.7 Å². The topological polar surface area (TPSA) is 142 Å². The summed E-state index contributed by atoms with van der Waals surface area (Å²) in [6.45, 7) is 9.35. The fourth-order valence-electron chi connectivity index (χ4n) is 5.15. The van der Waals surface area contributed by atoms with Gasteiger partial charge in [-0.2, -0.15) is 4.57 Å². The number of hydrogen-bond donors (Lipinski definition) is 1. The minimum absolute atomic E-state index is 0.227. The van der Waals surface area contributed by atoms with Crippen molar-refractivity contribution >= 4 is 59.6 Å². The van der Waals surface area contributed by atoms with Gasteiger partial charge in [0.2, 0.25) is 11.4 Å². The van der Waals surface area contributed by atoms with Gasteiger partial charge in [-0.1, -0.05) is 24.3 Å². The molecule has 3 aromatic rings. The summed E-state index contributed by atoms with van der Waals surface area (Å²) >= 11 is 0. The fourth-order valence-corrected chi connectivity index (χ4v) is 5.15. The molecule has 1 aromatic heterocycles. The number of nitrogens with zero attached hydrogens (tertiary/aromatic N) is 3. The van der Waals surface area contributed by atoms with Crippen LogP contribution in [0.3, 0.4) is 0 Å². The Morgan fingerprint density at radius 3 is 1.18 bits per heavy atom. The predicted molar refractivity (Wildman–Crippen MR) is 197 cm³/mol. The van der Waals surface area contributed by atoms with Gasteiger partial charge in [-0.15, -0.1) is 0 Å². The van der Waals surface area contributed by atoms with E-state index in [-0.39, 0.29) is 50.3 Å². The second kappa shape index (κ2) is 21.6. The highest BCUT2D eigenvalue weighted by Gasteiger charge is 2.13. The van der Waals surface area contributed by atoms with Crippen LogP contribution in [0.2, 0.25) is 0 Å². The zero-order valence-electron chi connectivity index (χ0n) is 29.9. The third-order valence-corrected chi connectivity index (χ3v) is 7.59. The van der Waals surface area contributed by atoms with Crippen molar-refractivity contribution in [1.82, 2.24) is 0 Å². The number of aromatic nitrogens is 1. The number of hydrogen-bond acceptors (Lipinski definition) is 11. The maximum Gasteiger partial charge on any atom is 0.302 e. The molecule has 272 valence electrons. The van der Waals surface area contributed by atoms with Gasteiger partial charge in [-0.05, 0) is 53.6 Å². The average molecular weight is 702 g/mol. The van der Waals surface area contributed by atoms with Crippen molar-refractivity contribution in [2.45, 2.75) is 34.2 Å². The second-order valence-corrected chi connectivity index (χ2v) is 11.5. The van der Waals surface area contributed by atoms with Crippen LogP contribution in [-0.4, -0.2) is 83.0 Å². The third kappa shape index (κ3) is 14.9. The molecule has 0 aliphatic carbocycles. The first kappa shape index (κ1) is 39.9. The summed E-state index contributed by atoms with van der Waals surface area (Å²) in [6, 6.07) is 22.0. The molecule has 0 aliphatic heterocycles. The number of pyridine rings is 1. The van der Waals surface area contributed by atoms with Gasteiger partial charge in [0.15, 0.2) is 6.54 Å². The number of benzene rings is 2. The highest BCUT2D eigenvalue weighted by atomic mass is 16.5. The van der Waals surface area contributed by atoms with Gasteiger partial charge in [0, 0.05) is 63.4 Å². The molecule has 0 aliphatic rings. The standard InChI is InChI=1S/C39H49N4O8/c1-30(44)48-26-22-41(23-27-49-31(2)45)36-14-8-34(9-15-36)12-18-38-6-5-7-39(43(38)21-20-40)19-13-35-10-16-37(17-11-35)42(24-28-50-32(3)46)25-29-51-33(4)47/h5-19H,20-29,40H2,1-4H3/q+1. The smallest absolute Gasteiger partial charge is 0.302 e. The number of carbonyl (C=O) groups is 4. The summed E-state index contributed by atoms with van der Waals surface area (Å²) in [5.74, 6) is -1.38. The Morgan fingerprint density at radius 2 is 0.882 bits per heavy atom. The molecule has 0 spiro atoms. The van der Waals surface area contributed by atoms with Crippen LogP contribution < -0.4 is 20.1 Å². The minimum Gasteiger partial charge on any atom is -0.464 e. The van der Waals surface area contributed by atoms with Crippen molar-refractivity contribution in [1.29, 1.82) is 0 Å². The summed E-state index contributed by atoms with van der Waals surface area (Å²) in [5.41, 5.74) is 11.8. The quantitative estimate of drug-likeness (QED) is 0.103. The minimum atomic E-state index is -0.344. The van der Waals surface area contributed by atoms with Crippen molar-refractivity contribution in [3.63, 3.8) is 0 Å². The molecule has 1 heterocycles. The molecule has 0 unspecified atom stereocenters. The van der Waals surface area contributed by atoms with E-state index in [4.69, 9.17) is 24.7 Å². The van der Waals surface area contributed by atoms with Crippen molar-refractivity contribution in [3.05, 3.63) is 89.2 Å². The molecule has 2 N–H and O–H groups in total. The van der Waals surface area contributed by atoms with Gasteiger partial charge in [0.1, 0.15) is 26.4 Å². The molecule has 12 heteroatoms. The van der Waals surface area contributed by atoms with Crippen LogP contribution in [0, 0.1) is 0 Å². The van der Waals surface area contributed by atoms with Crippen LogP contribution in [0.5, 0.6) is 0 Å². The predicted octanol–water partition coefficient (Wildman–Crippen LogP) is 4.14. The van der Waals surface area contributed by atoms with E-state index < -0.39 is 0 Å². The van der Waals surface area contributed by atoms with Gasteiger partial charge in [0.05, 0.1) is 32.7 Å². The molecule has 2 aromatic carbocycles. The van der Waals surface area contributed by atoms with E-state index in [2.05, 4.69) is 16.7 Å². The number of rotatable bonds is 20. The van der Waals surface area contributed by atoms with E-state index in [0.29, 0.717) is 39.3 Å². The summed E-state index contributed by atoms with van der Waals surface area (Å²) < 4.78 is 22.6. The Balaban J connectivity index is 1.74. The lowest BCUT2D eigenvalue weighted by Gasteiger charge is -2.24. The Labute approximate surface area is 300 Å². The summed E-state index contributed by atoms with van der Waals surface area (Å²) in [4.78, 5) is 49.0. The lowest BCUT2D eigenvalue weighted by molar-refractivity contribution is -0.697. The fraction of sp³-hybridized carbons (Fsp3) is 0.359. The molecule has 0 fully saturated rings. The molecule has 0 saturated heterocycles. The lowest BCUT2D eigenvalue weighted by Crippen LogP contribution is -2.43. The Bertz CT molecular complexity index is 1480. The van der Waals surface area contributed by atoms with E-state index in [1.165, 1.54) is 27.7 Å². The lowest BCUT2D eigenvalue weighted by atomic mass is 10.1. The van der Waals surface area contributed by atoms with E-state index in [1.807, 2.05) is 88.7 Å². The van der Waals surface area contributed by atoms with Gasteiger partial charge in [-0.3, -0.25) is 19.2 Å². The molecule has 0 radical (unpaired) electrons. The van der Waals surface area contributed by atoms with Gasteiger partial charge in [-0.25, -0.2) is 0 Å². The van der Waals surface area contributed by atoms with Crippen molar-refractivity contribution in [3.8, 4) is 0 Å². The number of anilines is 2. The molecule has 0 bridgehead atoms. The Kier molecular flexibility index (Phi) is 16.9. The number of esters is 4. The molecule has 51 heavy (non-hydrogen) atoms. The number of nitrogens with two attached hydrogens (primary N) is 1. The van der Waals surface area contributed by atoms with E-state index in [1.54, 1.807) is 0 Å². The Hall–Kier alpha value is -5.49. The average Bonchev–Trinajstić information content (AvgIpc) is 3.09. The first-order chi connectivity index (χ1) is 24.5. The summed E-state index contributed by atoms with van der Waals surface area (Å²) in [7, 11) is 0. The molecular weight excluding hydrogens is 652 g/mol. The van der Waals surface area contributed by atoms with Crippen molar-refractivity contribution in [2.75, 3.05) is 69.0 Å². The van der Waals surface area contributed by atoms with Gasteiger partial charge >= 0.3 is 23.9 Å². The maximum atomic E-state index is 11.2. The molecule has 0 atom stereocenters. The van der Waals surface area contributed by atoms with Crippen LogP contribution in [0.1, 0.15) is 50.2 Å². The SMILES string of the molecule is CC(=O)OCCN(CCOC(C)=O)c1ccc(/C=C/c2cccc(/C=C/c3ccc(N(CCOC(C)=O)CCOC(C)=O)cc3)[n+]2CCN)cc1. The van der Waals surface area contributed by atoms with Crippen LogP contribution in [0.15, 0.2) is 66.7 Å². The highest BCUT2D eigenvalue weighted by molar-refractivity contribution is 5.71. The molecular formula is C39H49N4O8+. The zero-order valence-corrected chi connectivity index (χ0v) is 29.9.